The van der Waals surface area contributed by atoms with E-state index in [1.54, 1.807) is 13.0 Å². The van der Waals surface area contributed by atoms with Crippen LogP contribution in [0.3, 0.4) is 0 Å². The molecule has 2 atom stereocenters. The highest BCUT2D eigenvalue weighted by atomic mass is 16.5. The van der Waals surface area contributed by atoms with Gasteiger partial charge in [0.2, 0.25) is 0 Å². The molecule has 0 radical (unpaired) electrons. The molecule has 0 bridgehead atoms. The monoisotopic (exact) mass is 199 g/mol. The Morgan fingerprint density at radius 3 is 2.07 bits per heavy atom. The molecule has 0 saturated carbocycles. The van der Waals surface area contributed by atoms with Gasteiger partial charge < -0.3 is 9.47 Å². The normalized spacial score (nSPS) is 13.6. The fraction of sp³-hybridized carbons (Fsp3) is 0.667. The third kappa shape index (κ3) is 2.73. The van der Waals surface area contributed by atoms with E-state index >= 15 is 0 Å². The van der Waals surface area contributed by atoms with Crippen LogP contribution in [0.5, 0.6) is 0 Å². The summed E-state index contributed by atoms with van der Waals surface area (Å²) in [7, 11) is 2.40. The summed E-state index contributed by atoms with van der Waals surface area (Å²) in [5.74, 6) is -3.11. The van der Waals surface area contributed by atoms with Gasteiger partial charge in [0, 0.05) is 0 Å². The van der Waals surface area contributed by atoms with Crippen LogP contribution in [0.4, 0.5) is 0 Å². The molecule has 0 fully saturated rings. The van der Waals surface area contributed by atoms with Gasteiger partial charge in [-0.25, -0.2) is 0 Å². The summed E-state index contributed by atoms with van der Waals surface area (Å²) in [6, 6.07) is 1.74. The van der Waals surface area contributed by atoms with Crippen molar-refractivity contribution in [3.8, 4) is 6.07 Å². The predicted molar refractivity (Wildman–Crippen MR) is 46.9 cm³/mol. The number of hydrogen-bond donors (Lipinski definition) is 0. The van der Waals surface area contributed by atoms with E-state index in [-0.39, 0.29) is 0 Å². The predicted octanol–water partition coefficient (Wildman–Crippen LogP) is 0.498. The van der Waals surface area contributed by atoms with Gasteiger partial charge in [-0.2, -0.15) is 5.26 Å². The lowest BCUT2D eigenvalue weighted by Crippen LogP contribution is -2.30. The molecule has 0 N–H and O–H groups in total. The lowest BCUT2D eigenvalue weighted by Gasteiger charge is -2.15. The largest absolute Gasteiger partial charge is 0.469 e. The average molecular weight is 199 g/mol. The van der Waals surface area contributed by atoms with Crippen molar-refractivity contribution in [1.29, 1.82) is 5.26 Å². The summed E-state index contributed by atoms with van der Waals surface area (Å²) in [6.45, 7) is 1.70. The first-order valence-corrected chi connectivity index (χ1v) is 4.17. The summed E-state index contributed by atoms with van der Waals surface area (Å²) >= 11 is 0. The maximum absolute atomic E-state index is 11.2. The molecule has 14 heavy (non-hydrogen) atoms. The quantitative estimate of drug-likeness (QED) is 0.616. The number of methoxy groups -OCH3 is 2. The highest BCUT2D eigenvalue weighted by Gasteiger charge is 2.34. The Morgan fingerprint density at radius 2 is 1.79 bits per heavy atom. The number of rotatable bonds is 4. The minimum absolute atomic E-state index is 0.361. The van der Waals surface area contributed by atoms with E-state index in [0.29, 0.717) is 6.42 Å². The third-order valence-electron chi connectivity index (χ3n) is 1.94. The molecule has 0 aromatic heterocycles. The number of esters is 2. The van der Waals surface area contributed by atoms with E-state index in [9.17, 15) is 9.59 Å². The second-order valence-electron chi connectivity index (χ2n) is 2.67. The van der Waals surface area contributed by atoms with Crippen LogP contribution in [0, 0.1) is 23.2 Å². The van der Waals surface area contributed by atoms with E-state index in [0.717, 1.165) is 0 Å². The van der Waals surface area contributed by atoms with Crippen LogP contribution in [-0.2, 0) is 19.1 Å². The number of carbonyl (C=O) groups is 2. The fourth-order valence-electron chi connectivity index (χ4n) is 1.12. The zero-order valence-electron chi connectivity index (χ0n) is 8.44. The average Bonchev–Trinajstić information content (AvgIpc) is 2.23. The summed E-state index contributed by atoms with van der Waals surface area (Å²) in [6.07, 6.45) is 0.361. The Labute approximate surface area is 82.6 Å². The topological polar surface area (TPSA) is 76.4 Å². The van der Waals surface area contributed by atoms with Crippen LogP contribution in [0.1, 0.15) is 13.3 Å². The van der Waals surface area contributed by atoms with Gasteiger partial charge in [-0.3, -0.25) is 9.59 Å². The van der Waals surface area contributed by atoms with Crippen LogP contribution in [0.2, 0.25) is 0 Å². The van der Waals surface area contributed by atoms with Crippen molar-refractivity contribution in [2.24, 2.45) is 11.8 Å². The maximum Gasteiger partial charge on any atom is 0.323 e. The van der Waals surface area contributed by atoms with Crippen LogP contribution in [0.25, 0.3) is 0 Å². The molecule has 78 valence electrons. The molecule has 0 rings (SSSR count). The highest BCUT2D eigenvalue weighted by molar-refractivity contribution is 5.83. The standard InChI is InChI=1S/C9H13NO4/c1-4-6(8(11)13-2)7(5-10)9(12)14-3/h6-7H,4H2,1-3H3. The van der Waals surface area contributed by atoms with Gasteiger partial charge >= 0.3 is 11.9 Å². The van der Waals surface area contributed by atoms with Crippen molar-refractivity contribution < 1.29 is 19.1 Å². The zero-order valence-corrected chi connectivity index (χ0v) is 8.44. The van der Waals surface area contributed by atoms with Crippen molar-refractivity contribution in [1.82, 2.24) is 0 Å². The first-order chi connectivity index (χ1) is 6.62. The first kappa shape index (κ1) is 12.4. The van der Waals surface area contributed by atoms with Crippen molar-refractivity contribution >= 4 is 11.9 Å². The smallest absolute Gasteiger partial charge is 0.323 e. The molecule has 0 aliphatic carbocycles. The van der Waals surface area contributed by atoms with E-state index in [1.165, 1.54) is 14.2 Å². The maximum atomic E-state index is 11.2. The molecule has 5 nitrogen and oxygen atoms in total. The SMILES string of the molecule is CCC(C(=O)OC)C(C#N)C(=O)OC. The molecule has 0 heterocycles. The van der Waals surface area contributed by atoms with Crippen molar-refractivity contribution in [2.75, 3.05) is 14.2 Å². The van der Waals surface area contributed by atoms with Crippen molar-refractivity contribution in [2.45, 2.75) is 13.3 Å². The summed E-state index contributed by atoms with van der Waals surface area (Å²) in [5.41, 5.74) is 0. The summed E-state index contributed by atoms with van der Waals surface area (Å²) in [4.78, 5) is 22.3. The van der Waals surface area contributed by atoms with Crippen molar-refractivity contribution in [3.05, 3.63) is 0 Å². The Bertz CT molecular complexity index is 256. The molecule has 0 aromatic rings. The van der Waals surface area contributed by atoms with Gasteiger partial charge in [0.15, 0.2) is 5.92 Å². The van der Waals surface area contributed by atoms with Gasteiger partial charge in [-0.1, -0.05) is 6.92 Å². The molecule has 5 heteroatoms. The van der Waals surface area contributed by atoms with Crippen LogP contribution < -0.4 is 0 Å². The van der Waals surface area contributed by atoms with Crippen molar-refractivity contribution in [3.63, 3.8) is 0 Å². The second kappa shape index (κ2) is 5.97. The number of carbonyl (C=O) groups excluding carboxylic acids is 2. The van der Waals surface area contributed by atoms with E-state index < -0.39 is 23.8 Å². The van der Waals surface area contributed by atoms with Crippen LogP contribution >= 0.6 is 0 Å². The molecule has 0 spiro atoms. The molecule has 0 aliphatic heterocycles. The molecule has 2 unspecified atom stereocenters. The number of nitriles is 1. The Kier molecular flexibility index (Phi) is 5.30. The van der Waals surface area contributed by atoms with Gasteiger partial charge in [0.1, 0.15) is 0 Å². The molecule has 0 saturated heterocycles. The number of hydrogen-bond acceptors (Lipinski definition) is 5. The minimum Gasteiger partial charge on any atom is -0.469 e. The second-order valence-corrected chi connectivity index (χ2v) is 2.67. The van der Waals surface area contributed by atoms with Gasteiger partial charge in [0.25, 0.3) is 0 Å². The molecule has 0 aromatic carbocycles. The van der Waals surface area contributed by atoms with Gasteiger partial charge in [0.05, 0.1) is 26.2 Å². The Balaban J connectivity index is 4.72. The molecular weight excluding hydrogens is 186 g/mol. The van der Waals surface area contributed by atoms with E-state index in [1.807, 2.05) is 0 Å². The summed E-state index contributed by atoms with van der Waals surface area (Å²) in [5, 5.41) is 8.71. The van der Waals surface area contributed by atoms with Gasteiger partial charge in [-0.15, -0.1) is 0 Å². The third-order valence-corrected chi connectivity index (χ3v) is 1.94. The number of nitrogens with zero attached hydrogens (tertiary/aromatic N) is 1. The van der Waals surface area contributed by atoms with E-state index in [4.69, 9.17) is 5.26 Å². The van der Waals surface area contributed by atoms with Gasteiger partial charge in [-0.05, 0) is 6.42 Å². The molecule has 0 aliphatic rings. The van der Waals surface area contributed by atoms with Crippen LogP contribution in [0.15, 0.2) is 0 Å². The number of ether oxygens (including phenoxy) is 2. The zero-order chi connectivity index (χ0) is 11.1. The fourth-order valence-corrected chi connectivity index (χ4v) is 1.12. The Morgan fingerprint density at radius 1 is 1.29 bits per heavy atom. The first-order valence-electron chi connectivity index (χ1n) is 4.17. The summed E-state index contributed by atoms with van der Waals surface area (Å²) < 4.78 is 8.89. The lowest BCUT2D eigenvalue weighted by atomic mass is 9.91. The highest BCUT2D eigenvalue weighted by Crippen LogP contribution is 2.18. The lowest BCUT2D eigenvalue weighted by molar-refractivity contribution is -0.155. The Hall–Kier alpha value is -1.57. The molecule has 0 amide bonds. The van der Waals surface area contributed by atoms with Crippen LogP contribution in [-0.4, -0.2) is 26.2 Å². The van der Waals surface area contributed by atoms with E-state index in [2.05, 4.69) is 9.47 Å². The molecular formula is C9H13NO4. The minimum atomic E-state index is -1.09.